The van der Waals surface area contributed by atoms with Crippen LogP contribution in [0.5, 0.6) is 0 Å². The van der Waals surface area contributed by atoms with Gasteiger partial charge in [-0.2, -0.15) is 0 Å². The predicted octanol–water partition coefficient (Wildman–Crippen LogP) is 0.890. The van der Waals surface area contributed by atoms with Crippen molar-refractivity contribution < 1.29 is 18.8 Å². The Bertz CT molecular complexity index is 1120. The third kappa shape index (κ3) is 4.39. The molecule has 9 nitrogen and oxygen atoms in total. The summed E-state index contributed by atoms with van der Waals surface area (Å²) in [5.41, 5.74) is 5.09. The summed E-state index contributed by atoms with van der Waals surface area (Å²) in [7, 11) is 0. The number of carbonyl (C=O) groups is 3. The van der Waals surface area contributed by atoms with E-state index in [0.29, 0.717) is 17.8 Å². The average molecular weight is 473 g/mol. The third-order valence-corrected chi connectivity index (χ3v) is 6.06. The highest BCUT2D eigenvalue weighted by molar-refractivity contribution is 6.34. The molecule has 2 aromatic rings. The summed E-state index contributed by atoms with van der Waals surface area (Å²) in [4.78, 5) is 42.1. The van der Waals surface area contributed by atoms with Gasteiger partial charge >= 0.3 is 0 Å². The third-order valence-electron chi connectivity index (χ3n) is 5.74. The molecule has 3 atom stereocenters. The van der Waals surface area contributed by atoms with Crippen molar-refractivity contribution in [1.82, 2.24) is 16.0 Å². The zero-order chi connectivity index (χ0) is 23.6. The zero-order valence-corrected chi connectivity index (χ0v) is 18.2. The van der Waals surface area contributed by atoms with E-state index in [1.807, 2.05) is 0 Å². The number of nitrogens with zero attached hydrogens (tertiary/aromatic N) is 1. The molecular formula is C22H22ClFN6O3. The molecule has 172 valence electrons. The quantitative estimate of drug-likeness (QED) is 0.425. The summed E-state index contributed by atoms with van der Waals surface area (Å²) >= 11 is 5.95. The van der Waals surface area contributed by atoms with Crippen LogP contribution in [-0.4, -0.2) is 49.2 Å². The summed E-state index contributed by atoms with van der Waals surface area (Å²) in [6.07, 6.45) is 2.08. The summed E-state index contributed by atoms with van der Waals surface area (Å²) in [6, 6.07) is 8.61. The molecule has 0 saturated carbocycles. The zero-order valence-electron chi connectivity index (χ0n) is 17.4. The molecule has 2 unspecified atom stereocenters. The molecule has 2 heterocycles. The molecule has 0 aromatic heterocycles. The van der Waals surface area contributed by atoms with Crippen molar-refractivity contribution in [3.63, 3.8) is 0 Å². The Kier molecular flexibility index (Phi) is 6.30. The molecule has 3 amide bonds. The van der Waals surface area contributed by atoms with Crippen LogP contribution in [0.15, 0.2) is 47.5 Å². The maximum absolute atomic E-state index is 13.2. The van der Waals surface area contributed by atoms with Gasteiger partial charge in [-0.05, 0) is 48.9 Å². The molecule has 6 N–H and O–H groups in total. The van der Waals surface area contributed by atoms with Gasteiger partial charge in [0.15, 0.2) is 11.6 Å². The predicted molar refractivity (Wildman–Crippen MR) is 122 cm³/mol. The molecule has 2 aliphatic heterocycles. The molecule has 11 heteroatoms. The topological polar surface area (TPSA) is 138 Å². The summed E-state index contributed by atoms with van der Waals surface area (Å²) in [5, 5.41) is 11.6. The molecule has 0 bridgehead atoms. The van der Waals surface area contributed by atoms with Crippen molar-refractivity contribution in [1.29, 1.82) is 0 Å². The molecule has 0 aliphatic carbocycles. The first-order valence-corrected chi connectivity index (χ1v) is 10.7. The van der Waals surface area contributed by atoms with Crippen LogP contribution in [0.4, 0.5) is 10.1 Å². The summed E-state index contributed by atoms with van der Waals surface area (Å²) < 4.78 is 13.2. The monoisotopic (exact) mass is 472 g/mol. The van der Waals surface area contributed by atoms with Gasteiger partial charge in [0.2, 0.25) is 5.91 Å². The number of amides is 3. The van der Waals surface area contributed by atoms with Gasteiger partial charge in [0, 0.05) is 18.3 Å². The van der Waals surface area contributed by atoms with E-state index in [4.69, 9.17) is 17.3 Å². The lowest BCUT2D eigenvalue weighted by Gasteiger charge is -2.32. The Morgan fingerprint density at radius 2 is 1.94 bits per heavy atom. The molecule has 33 heavy (non-hydrogen) atoms. The maximum atomic E-state index is 13.2. The SMILES string of the molecule is NC(=O)C1(c2ccc(NC(=O)c3ccc(F)cc3Cl)cc2)NC=NC1C(=O)N[C@H]1CCNC1. The lowest BCUT2D eigenvalue weighted by molar-refractivity contribution is -0.132. The van der Waals surface area contributed by atoms with Crippen molar-refractivity contribution >= 4 is 41.3 Å². The largest absolute Gasteiger partial charge is 0.367 e. The van der Waals surface area contributed by atoms with Crippen molar-refractivity contribution in [2.45, 2.75) is 24.0 Å². The van der Waals surface area contributed by atoms with E-state index in [-0.39, 0.29) is 16.6 Å². The van der Waals surface area contributed by atoms with Crippen molar-refractivity contribution in [3.05, 3.63) is 64.4 Å². The highest BCUT2D eigenvalue weighted by atomic mass is 35.5. The van der Waals surface area contributed by atoms with E-state index < -0.39 is 35.1 Å². The average Bonchev–Trinajstić information content (AvgIpc) is 3.44. The molecule has 0 spiro atoms. The van der Waals surface area contributed by atoms with Crippen LogP contribution < -0.4 is 27.0 Å². The van der Waals surface area contributed by atoms with Crippen LogP contribution in [0.1, 0.15) is 22.3 Å². The molecule has 4 rings (SSSR count). The number of nitrogens with one attached hydrogen (secondary N) is 4. The van der Waals surface area contributed by atoms with Crippen molar-refractivity contribution in [2.24, 2.45) is 10.7 Å². The second-order valence-corrected chi connectivity index (χ2v) is 8.26. The first-order valence-electron chi connectivity index (χ1n) is 10.3. The number of nitrogens with two attached hydrogens (primary N) is 1. The minimum absolute atomic E-state index is 0.0181. The minimum atomic E-state index is -1.57. The van der Waals surface area contributed by atoms with Crippen LogP contribution in [0.2, 0.25) is 5.02 Å². The Hall–Kier alpha value is -3.50. The normalized spacial score (nSPS) is 23.7. The summed E-state index contributed by atoms with van der Waals surface area (Å²) in [6.45, 7) is 1.44. The van der Waals surface area contributed by atoms with Crippen LogP contribution in [0.3, 0.4) is 0 Å². The standard InChI is InChI=1S/C22H22ClFN6O3/c23-17-9-13(24)3-6-16(17)19(31)29-14-4-1-12(2-5-14)22(21(25)33)18(27-11-28-22)20(32)30-15-7-8-26-10-15/h1-6,9,11,15,18,26H,7-8,10H2,(H2,25,33)(H,27,28)(H,29,31)(H,30,32)/t15-,18?,22?/m0/s1. The first-order chi connectivity index (χ1) is 15.8. The van der Waals surface area contributed by atoms with Gasteiger partial charge < -0.3 is 27.0 Å². The lowest BCUT2D eigenvalue weighted by Crippen LogP contribution is -2.60. The highest BCUT2D eigenvalue weighted by Gasteiger charge is 2.52. The van der Waals surface area contributed by atoms with Gasteiger partial charge in [-0.1, -0.05) is 23.7 Å². The van der Waals surface area contributed by atoms with E-state index >= 15 is 0 Å². The van der Waals surface area contributed by atoms with Gasteiger partial charge in [0.25, 0.3) is 11.8 Å². The fourth-order valence-corrected chi connectivity index (χ4v) is 4.26. The van der Waals surface area contributed by atoms with Crippen LogP contribution >= 0.6 is 11.6 Å². The van der Waals surface area contributed by atoms with Crippen LogP contribution in [0.25, 0.3) is 0 Å². The molecule has 1 saturated heterocycles. The molecule has 2 aromatic carbocycles. The number of anilines is 1. The second kappa shape index (κ2) is 9.16. The van der Waals surface area contributed by atoms with Crippen molar-refractivity contribution in [3.8, 4) is 0 Å². The molecule has 1 fully saturated rings. The Balaban J connectivity index is 1.54. The van der Waals surface area contributed by atoms with Gasteiger partial charge in [-0.15, -0.1) is 0 Å². The number of carbonyl (C=O) groups excluding carboxylic acids is 3. The Morgan fingerprint density at radius 1 is 1.18 bits per heavy atom. The number of hydrogen-bond acceptors (Lipinski definition) is 6. The highest BCUT2D eigenvalue weighted by Crippen LogP contribution is 2.31. The Morgan fingerprint density at radius 3 is 2.58 bits per heavy atom. The van der Waals surface area contributed by atoms with Gasteiger partial charge in [0.1, 0.15) is 5.82 Å². The van der Waals surface area contributed by atoms with E-state index in [9.17, 15) is 18.8 Å². The number of benzene rings is 2. The summed E-state index contributed by atoms with van der Waals surface area (Å²) in [5.74, 6) is -2.25. The fraction of sp³-hybridized carbons (Fsp3) is 0.273. The smallest absolute Gasteiger partial charge is 0.257 e. The first kappa shape index (κ1) is 22.7. The lowest BCUT2D eigenvalue weighted by atomic mass is 9.82. The van der Waals surface area contributed by atoms with Crippen LogP contribution in [-0.2, 0) is 15.1 Å². The maximum Gasteiger partial charge on any atom is 0.257 e. The number of primary amides is 1. The van der Waals surface area contributed by atoms with Gasteiger partial charge in [-0.25, -0.2) is 4.39 Å². The van der Waals surface area contributed by atoms with Gasteiger partial charge in [-0.3, -0.25) is 19.4 Å². The number of halogens is 2. The van der Waals surface area contributed by atoms with Crippen LogP contribution in [0, 0.1) is 5.82 Å². The number of hydrogen-bond donors (Lipinski definition) is 5. The molecule has 0 radical (unpaired) electrons. The van der Waals surface area contributed by atoms with E-state index in [1.165, 1.54) is 12.4 Å². The molecular weight excluding hydrogens is 451 g/mol. The Labute approximate surface area is 194 Å². The van der Waals surface area contributed by atoms with Crippen molar-refractivity contribution in [2.75, 3.05) is 18.4 Å². The second-order valence-electron chi connectivity index (χ2n) is 7.85. The van der Waals surface area contributed by atoms with E-state index in [2.05, 4.69) is 26.3 Å². The fourth-order valence-electron chi connectivity index (χ4n) is 4.00. The van der Waals surface area contributed by atoms with E-state index in [1.54, 1.807) is 24.3 Å². The number of rotatable bonds is 6. The number of aliphatic imine (C=N–C) groups is 1. The molecule has 2 aliphatic rings. The van der Waals surface area contributed by atoms with E-state index in [0.717, 1.165) is 25.1 Å². The minimum Gasteiger partial charge on any atom is -0.367 e. The van der Waals surface area contributed by atoms with Gasteiger partial charge in [0.05, 0.1) is 16.9 Å².